The maximum atomic E-state index is 13.4. The fourth-order valence-electron chi connectivity index (χ4n) is 1.57. The third-order valence-corrected chi connectivity index (χ3v) is 2.44. The first-order valence-electron chi connectivity index (χ1n) is 5.16. The number of hydrogen-bond acceptors (Lipinski definition) is 3. The highest BCUT2D eigenvalue weighted by molar-refractivity contribution is 6.08. The Morgan fingerprint density at radius 1 is 1.37 bits per heavy atom. The van der Waals surface area contributed by atoms with Gasteiger partial charge >= 0.3 is 0 Å². The van der Waals surface area contributed by atoms with E-state index in [2.05, 4.69) is 10.2 Å². The van der Waals surface area contributed by atoms with Crippen molar-refractivity contribution in [3.63, 3.8) is 0 Å². The molecule has 1 amide bonds. The Morgan fingerprint density at radius 2 is 2.05 bits per heavy atom. The van der Waals surface area contributed by atoms with E-state index in [0.717, 1.165) is 0 Å². The summed E-state index contributed by atoms with van der Waals surface area (Å²) in [7, 11) is 0. The molecule has 0 radical (unpaired) electrons. The number of amides is 1. The zero-order valence-corrected chi connectivity index (χ0v) is 9.72. The SMILES string of the molecule is Cc1[nH]nc(N)c1C(=O)Nc1cc(F)cc(F)c1F. The average molecular weight is 270 g/mol. The van der Waals surface area contributed by atoms with Crippen molar-refractivity contribution >= 4 is 17.4 Å². The number of carbonyl (C=O) groups is 1. The minimum absolute atomic E-state index is 0.0101. The molecule has 0 aliphatic rings. The first kappa shape index (κ1) is 12.9. The number of nitrogens with one attached hydrogen (secondary N) is 2. The highest BCUT2D eigenvalue weighted by atomic mass is 19.2. The van der Waals surface area contributed by atoms with Gasteiger partial charge in [0, 0.05) is 17.8 Å². The van der Waals surface area contributed by atoms with Gasteiger partial charge in [-0.1, -0.05) is 0 Å². The Bertz CT molecular complexity index is 634. The molecule has 1 aromatic heterocycles. The molecule has 0 saturated heterocycles. The fraction of sp³-hybridized carbons (Fsp3) is 0.0909. The molecule has 2 rings (SSSR count). The Balaban J connectivity index is 2.35. The van der Waals surface area contributed by atoms with Crippen molar-refractivity contribution in [2.75, 3.05) is 11.1 Å². The van der Waals surface area contributed by atoms with Gasteiger partial charge in [-0.2, -0.15) is 5.10 Å². The number of carbonyl (C=O) groups excluding carboxylic acids is 1. The van der Waals surface area contributed by atoms with Gasteiger partial charge in [-0.3, -0.25) is 9.89 Å². The highest BCUT2D eigenvalue weighted by Crippen LogP contribution is 2.21. The Morgan fingerprint density at radius 3 is 2.63 bits per heavy atom. The second kappa shape index (κ2) is 4.63. The van der Waals surface area contributed by atoms with Crippen LogP contribution in [0.1, 0.15) is 16.1 Å². The van der Waals surface area contributed by atoms with Crippen LogP contribution in [0, 0.1) is 24.4 Å². The number of halogens is 3. The van der Waals surface area contributed by atoms with Crippen molar-refractivity contribution in [2.24, 2.45) is 0 Å². The predicted octanol–water partition coefficient (Wildman–Crippen LogP) is 1.97. The molecule has 8 heteroatoms. The molecule has 0 fully saturated rings. The fourth-order valence-corrected chi connectivity index (χ4v) is 1.57. The summed E-state index contributed by atoms with van der Waals surface area (Å²) in [4.78, 5) is 11.8. The van der Waals surface area contributed by atoms with Gasteiger partial charge in [0.1, 0.15) is 11.4 Å². The number of aromatic amines is 1. The van der Waals surface area contributed by atoms with Crippen molar-refractivity contribution in [1.29, 1.82) is 0 Å². The normalized spacial score (nSPS) is 10.5. The molecule has 0 atom stereocenters. The maximum Gasteiger partial charge on any atom is 0.261 e. The smallest absolute Gasteiger partial charge is 0.261 e. The number of aryl methyl sites for hydroxylation is 1. The van der Waals surface area contributed by atoms with Crippen molar-refractivity contribution in [3.8, 4) is 0 Å². The van der Waals surface area contributed by atoms with Gasteiger partial charge in [0.05, 0.1) is 5.69 Å². The molecule has 0 unspecified atom stereocenters. The summed E-state index contributed by atoms with van der Waals surface area (Å²) in [6.07, 6.45) is 0. The van der Waals surface area contributed by atoms with E-state index in [1.54, 1.807) is 0 Å². The van der Waals surface area contributed by atoms with Gasteiger partial charge in [0.25, 0.3) is 5.91 Å². The second-order valence-corrected chi connectivity index (χ2v) is 3.81. The van der Waals surface area contributed by atoms with Crippen LogP contribution in [-0.4, -0.2) is 16.1 Å². The minimum atomic E-state index is -1.40. The van der Waals surface area contributed by atoms with Crippen LogP contribution in [0.3, 0.4) is 0 Å². The molecule has 1 heterocycles. The lowest BCUT2D eigenvalue weighted by Gasteiger charge is -2.07. The summed E-state index contributed by atoms with van der Waals surface area (Å²) >= 11 is 0. The Kier molecular flexibility index (Phi) is 3.16. The molecule has 0 bridgehead atoms. The summed E-state index contributed by atoms with van der Waals surface area (Å²) in [5.41, 5.74) is 5.18. The number of H-pyrrole nitrogens is 1. The largest absolute Gasteiger partial charge is 0.382 e. The molecule has 4 N–H and O–H groups in total. The molecule has 100 valence electrons. The molecule has 2 aromatic rings. The molecular weight excluding hydrogens is 261 g/mol. The third-order valence-electron chi connectivity index (χ3n) is 2.44. The number of anilines is 2. The van der Waals surface area contributed by atoms with Crippen LogP contribution in [0.4, 0.5) is 24.7 Å². The number of benzene rings is 1. The Hall–Kier alpha value is -2.51. The third kappa shape index (κ3) is 2.37. The zero-order chi connectivity index (χ0) is 14.2. The number of nitrogen functional groups attached to an aromatic ring is 1. The van der Waals surface area contributed by atoms with Gasteiger partial charge in [0.2, 0.25) is 0 Å². The lowest BCUT2D eigenvalue weighted by atomic mass is 10.2. The quantitative estimate of drug-likeness (QED) is 0.729. The van der Waals surface area contributed by atoms with Crippen molar-refractivity contribution in [3.05, 3.63) is 40.8 Å². The zero-order valence-electron chi connectivity index (χ0n) is 9.72. The van der Waals surface area contributed by atoms with Crippen LogP contribution in [0.25, 0.3) is 0 Å². The molecule has 0 aliphatic carbocycles. The average Bonchev–Trinajstić information content (AvgIpc) is 2.65. The van der Waals surface area contributed by atoms with E-state index in [4.69, 9.17) is 5.73 Å². The van der Waals surface area contributed by atoms with Crippen LogP contribution in [0.15, 0.2) is 12.1 Å². The molecule has 1 aromatic carbocycles. The van der Waals surface area contributed by atoms with Crippen LogP contribution in [-0.2, 0) is 0 Å². The predicted molar refractivity (Wildman–Crippen MR) is 62.0 cm³/mol. The number of nitrogens with two attached hydrogens (primary N) is 1. The topological polar surface area (TPSA) is 83.8 Å². The lowest BCUT2D eigenvalue weighted by molar-refractivity contribution is 0.102. The van der Waals surface area contributed by atoms with Gasteiger partial charge in [-0.25, -0.2) is 13.2 Å². The first-order valence-corrected chi connectivity index (χ1v) is 5.16. The standard InChI is InChI=1S/C11H9F3N4O/c1-4-8(10(15)18-17-4)11(19)16-7-3-5(12)2-6(13)9(7)14/h2-3H,1H3,(H,16,19)(H3,15,17,18). The van der Waals surface area contributed by atoms with Crippen molar-refractivity contribution in [1.82, 2.24) is 10.2 Å². The van der Waals surface area contributed by atoms with Crippen LogP contribution >= 0.6 is 0 Å². The minimum Gasteiger partial charge on any atom is -0.382 e. The Labute approximate surface area is 105 Å². The summed E-state index contributed by atoms with van der Waals surface area (Å²) in [5.74, 6) is -4.66. The molecular formula is C11H9F3N4O. The molecule has 0 saturated carbocycles. The van der Waals surface area contributed by atoms with Crippen molar-refractivity contribution < 1.29 is 18.0 Å². The van der Waals surface area contributed by atoms with Crippen molar-refractivity contribution in [2.45, 2.75) is 6.92 Å². The first-order chi connectivity index (χ1) is 8.90. The van der Waals surface area contributed by atoms with E-state index in [-0.39, 0.29) is 11.4 Å². The monoisotopic (exact) mass is 270 g/mol. The van der Waals surface area contributed by atoms with E-state index < -0.39 is 29.0 Å². The van der Waals surface area contributed by atoms with Gasteiger partial charge in [0.15, 0.2) is 17.5 Å². The summed E-state index contributed by atoms with van der Waals surface area (Å²) in [6, 6.07) is 1.05. The summed E-state index contributed by atoms with van der Waals surface area (Å²) < 4.78 is 39.3. The number of rotatable bonds is 2. The molecule has 5 nitrogen and oxygen atoms in total. The second-order valence-electron chi connectivity index (χ2n) is 3.81. The van der Waals surface area contributed by atoms with Crippen LogP contribution < -0.4 is 11.1 Å². The van der Waals surface area contributed by atoms with Gasteiger partial charge in [-0.15, -0.1) is 0 Å². The van der Waals surface area contributed by atoms with E-state index in [0.29, 0.717) is 17.8 Å². The van der Waals surface area contributed by atoms with E-state index in [1.165, 1.54) is 6.92 Å². The molecule has 0 aliphatic heterocycles. The lowest BCUT2D eigenvalue weighted by Crippen LogP contribution is -2.16. The van der Waals surface area contributed by atoms with Crippen LogP contribution in [0.2, 0.25) is 0 Å². The van der Waals surface area contributed by atoms with E-state index in [9.17, 15) is 18.0 Å². The number of hydrogen-bond donors (Lipinski definition) is 3. The highest BCUT2D eigenvalue weighted by Gasteiger charge is 2.19. The molecule has 19 heavy (non-hydrogen) atoms. The summed E-state index contributed by atoms with van der Waals surface area (Å²) in [5, 5.41) is 8.09. The maximum absolute atomic E-state index is 13.4. The molecule has 0 spiro atoms. The van der Waals surface area contributed by atoms with E-state index >= 15 is 0 Å². The number of aromatic nitrogens is 2. The van der Waals surface area contributed by atoms with E-state index in [1.807, 2.05) is 5.32 Å². The van der Waals surface area contributed by atoms with Crippen LogP contribution in [0.5, 0.6) is 0 Å². The van der Waals surface area contributed by atoms with Gasteiger partial charge < -0.3 is 11.1 Å². The van der Waals surface area contributed by atoms with Gasteiger partial charge in [-0.05, 0) is 6.92 Å². The number of nitrogens with zero attached hydrogens (tertiary/aromatic N) is 1. The summed E-state index contributed by atoms with van der Waals surface area (Å²) in [6.45, 7) is 1.53.